The highest BCUT2D eigenvalue weighted by molar-refractivity contribution is 5.68. The summed E-state index contributed by atoms with van der Waals surface area (Å²) in [5.74, 6) is 7.39. The molecule has 0 bridgehead atoms. The summed E-state index contributed by atoms with van der Waals surface area (Å²) in [6.45, 7) is 0. The van der Waals surface area contributed by atoms with E-state index in [2.05, 4.69) is 11.8 Å². The molecule has 0 aliphatic rings. The fraction of sp³-hybridized carbons (Fsp3) is 0. The molecule has 23 heavy (non-hydrogen) atoms. The number of hydrogen-bond acceptors (Lipinski definition) is 3. The highest BCUT2D eigenvalue weighted by Gasteiger charge is 2.05. The molecule has 3 nitrogen and oxygen atoms in total. The van der Waals surface area contributed by atoms with Crippen molar-refractivity contribution in [1.82, 2.24) is 0 Å². The first kappa shape index (κ1) is 14.6. The van der Waals surface area contributed by atoms with Crippen molar-refractivity contribution in [2.45, 2.75) is 0 Å². The van der Waals surface area contributed by atoms with Crippen LogP contribution < -0.4 is 16.2 Å². The summed E-state index contributed by atoms with van der Waals surface area (Å²) >= 11 is 0. The van der Waals surface area contributed by atoms with Crippen LogP contribution in [0.5, 0.6) is 11.5 Å². The first-order valence-electron chi connectivity index (χ1n) is 7.21. The lowest BCUT2D eigenvalue weighted by atomic mass is 10.2. The van der Waals surface area contributed by atoms with Crippen molar-refractivity contribution >= 4 is 11.4 Å². The summed E-state index contributed by atoms with van der Waals surface area (Å²) in [5, 5.41) is 0. The van der Waals surface area contributed by atoms with E-state index in [1.165, 1.54) is 0 Å². The van der Waals surface area contributed by atoms with Gasteiger partial charge in [0.05, 0.1) is 11.4 Å². The molecule has 0 heterocycles. The molecule has 3 rings (SSSR count). The van der Waals surface area contributed by atoms with Gasteiger partial charge in [0.2, 0.25) is 0 Å². The third-order valence-electron chi connectivity index (χ3n) is 3.28. The average Bonchev–Trinajstić information content (AvgIpc) is 2.58. The molecule has 0 aliphatic heterocycles. The number of nitrogen functional groups attached to an aromatic ring is 2. The first-order chi connectivity index (χ1) is 11.2. The zero-order chi connectivity index (χ0) is 16.1. The summed E-state index contributed by atoms with van der Waals surface area (Å²) in [5.41, 5.74) is 14.7. The Hall–Kier alpha value is -3.38. The molecule has 0 amide bonds. The van der Waals surface area contributed by atoms with Crippen molar-refractivity contribution in [2.24, 2.45) is 0 Å². The van der Waals surface area contributed by atoms with E-state index < -0.39 is 0 Å². The van der Waals surface area contributed by atoms with Gasteiger partial charge in [0, 0.05) is 11.1 Å². The monoisotopic (exact) mass is 300 g/mol. The number of para-hydroxylation sites is 1. The van der Waals surface area contributed by atoms with Crippen molar-refractivity contribution in [3.8, 4) is 23.3 Å². The smallest absolute Gasteiger partial charge is 0.173 e. The quantitative estimate of drug-likeness (QED) is 0.554. The molecule has 3 aromatic rings. The molecule has 0 unspecified atom stereocenters. The molecule has 0 atom stereocenters. The van der Waals surface area contributed by atoms with Crippen molar-refractivity contribution in [3.63, 3.8) is 0 Å². The maximum atomic E-state index is 5.88. The van der Waals surface area contributed by atoms with Crippen LogP contribution in [-0.4, -0.2) is 0 Å². The molecule has 0 fully saturated rings. The molecule has 3 heteroatoms. The van der Waals surface area contributed by atoms with E-state index >= 15 is 0 Å². The summed E-state index contributed by atoms with van der Waals surface area (Å²) in [6, 6.07) is 22.7. The number of anilines is 2. The van der Waals surface area contributed by atoms with Gasteiger partial charge in [-0.1, -0.05) is 36.1 Å². The minimum absolute atomic E-state index is 0.482. The van der Waals surface area contributed by atoms with Crippen LogP contribution in [0.3, 0.4) is 0 Å². The fourth-order valence-corrected chi connectivity index (χ4v) is 2.08. The van der Waals surface area contributed by atoms with Crippen molar-refractivity contribution in [2.75, 3.05) is 11.5 Å². The summed E-state index contributed by atoms with van der Waals surface area (Å²) in [7, 11) is 0. The van der Waals surface area contributed by atoms with Gasteiger partial charge >= 0.3 is 0 Å². The third kappa shape index (κ3) is 3.63. The zero-order valence-electron chi connectivity index (χ0n) is 12.5. The second-order valence-electron chi connectivity index (χ2n) is 5.01. The van der Waals surface area contributed by atoms with Gasteiger partial charge in [-0.3, -0.25) is 0 Å². The topological polar surface area (TPSA) is 61.3 Å². The molecule has 0 aromatic heterocycles. The molecule has 0 saturated carbocycles. The van der Waals surface area contributed by atoms with Gasteiger partial charge in [-0.05, 0) is 48.5 Å². The van der Waals surface area contributed by atoms with E-state index in [-0.39, 0.29) is 0 Å². The Morgan fingerprint density at radius 1 is 0.609 bits per heavy atom. The maximum absolute atomic E-state index is 5.88. The number of rotatable bonds is 2. The molecule has 112 valence electrons. The lowest BCUT2D eigenvalue weighted by Crippen LogP contribution is -1.96. The Morgan fingerprint density at radius 3 is 1.78 bits per heavy atom. The lowest BCUT2D eigenvalue weighted by Gasteiger charge is -2.10. The van der Waals surface area contributed by atoms with Gasteiger partial charge in [-0.2, -0.15) is 0 Å². The van der Waals surface area contributed by atoms with Crippen LogP contribution >= 0.6 is 0 Å². The van der Waals surface area contributed by atoms with Gasteiger partial charge in [0.25, 0.3) is 0 Å². The van der Waals surface area contributed by atoms with Crippen LogP contribution in [0.1, 0.15) is 11.1 Å². The summed E-state index contributed by atoms with van der Waals surface area (Å²) in [4.78, 5) is 0. The van der Waals surface area contributed by atoms with Crippen LogP contribution in [0, 0.1) is 11.8 Å². The highest BCUT2D eigenvalue weighted by Crippen LogP contribution is 2.32. The Labute approximate surface area is 135 Å². The number of hydrogen-bond donors (Lipinski definition) is 2. The fourth-order valence-electron chi connectivity index (χ4n) is 2.08. The van der Waals surface area contributed by atoms with E-state index in [9.17, 15) is 0 Å². The molecule has 3 aromatic carbocycles. The minimum Gasteiger partial charge on any atom is -0.453 e. The predicted molar refractivity (Wildman–Crippen MR) is 94.2 cm³/mol. The summed E-state index contributed by atoms with van der Waals surface area (Å²) < 4.78 is 5.76. The molecule has 0 spiro atoms. The second-order valence-corrected chi connectivity index (χ2v) is 5.01. The Bertz CT molecular complexity index is 839. The number of nitrogens with two attached hydrogens (primary N) is 2. The Kier molecular flexibility index (Phi) is 4.17. The average molecular weight is 300 g/mol. The molecule has 4 N–H and O–H groups in total. The van der Waals surface area contributed by atoms with Crippen LogP contribution in [0.25, 0.3) is 0 Å². The SMILES string of the molecule is Nc1cccc(N)c1Oc1ccc(C#Cc2ccccc2)cc1. The standard InChI is InChI=1S/C20H16N2O/c21-18-7-4-8-19(22)20(18)23-17-13-11-16(12-14-17)10-9-15-5-2-1-3-6-15/h1-8,11-14H,21-22H2. The van der Waals surface area contributed by atoms with Gasteiger partial charge in [-0.15, -0.1) is 0 Å². The molecular formula is C20H16N2O. The van der Waals surface area contributed by atoms with E-state index in [0.29, 0.717) is 22.9 Å². The van der Waals surface area contributed by atoms with Gasteiger partial charge in [0.15, 0.2) is 5.75 Å². The van der Waals surface area contributed by atoms with Crippen molar-refractivity contribution in [1.29, 1.82) is 0 Å². The minimum atomic E-state index is 0.482. The van der Waals surface area contributed by atoms with E-state index in [1.807, 2.05) is 54.6 Å². The number of ether oxygens (including phenoxy) is 1. The molecule has 0 aliphatic carbocycles. The van der Waals surface area contributed by atoms with Crippen LogP contribution in [0.15, 0.2) is 72.8 Å². The number of benzene rings is 3. The van der Waals surface area contributed by atoms with Crippen molar-refractivity contribution < 1.29 is 4.74 Å². The highest BCUT2D eigenvalue weighted by atomic mass is 16.5. The predicted octanol–water partition coefficient (Wildman–Crippen LogP) is 4.04. The molecular weight excluding hydrogens is 284 g/mol. The van der Waals surface area contributed by atoms with E-state index in [1.54, 1.807) is 18.2 Å². The van der Waals surface area contributed by atoms with E-state index in [4.69, 9.17) is 16.2 Å². The van der Waals surface area contributed by atoms with Crippen LogP contribution in [-0.2, 0) is 0 Å². The Balaban J connectivity index is 1.77. The van der Waals surface area contributed by atoms with E-state index in [0.717, 1.165) is 11.1 Å². The third-order valence-corrected chi connectivity index (χ3v) is 3.28. The van der Waals surface area contributed by atoms with Gasteiger partial charge in [-0.25, -0.2) is 0 Å². The van der Waals surface area contributed by atoms with Gasteiger partial charge < -0.3 is 16.2 Å². The maximum Gasteiger partial charge on any atom is 0.173 e. The molecule has 0 radical (unpaired) electrons. The Morgan fingerprint density at radius 2 is 1.17 bits per heavy atom. The van der Waals surface area contributed by atoms with Gasteiger partial charge in [0.1, 0.15) is 5.75 Å². The first-order valence-corrected chi connectivity index (χ1v) is 7.21. The zero-order valence-corrected chi connectivity index (χ0v) is 12.5. The van der Waals surface area contributed by atoms with Crippen LogP contribution in [0.2, 0.25) is 0 Å². The second kappa shape index (κ2) is 6.59. The van der Waals surface area contributed by atoms with Crippen molar-refractivity contribution in [3.05, 3.63) is 83.9 Å². The summed E-state index contributed by atoms with van der Waals surface area (Å²) in [6.07, 6.45) is 0. The normalized spacial score (nSPS) is 9.74. The van der Waals surface area contributed by atoms with Crippen LogP contribution in [0.4, 0.5) is 11.4 Å². The molecule has 0 saturated heterocycles. The largest absolute Gasteiger partial charge is 0.453 e. The lowest BCUT2D eigenvalue weighted by molar-refractivity contribution is 0.487.